The van der Waals surface area contributed by atoms with Crippen molar-refractivity contribution in [3.8, 4) is 17.2 Å². The molecule has 1 N–H and O–H groups in total. The molecule has 1 unspecified atom stereocenters. The summed E-state index contributed by atoms with van der Waals surface area (Å²) in [6.07, 6.45) is 3.22. The molecule has 0 fully saturated rings. The lowest BCUT2D eigenvalue weighted by atomic mass is 10.1. The fourth-order valence-corrected chi connectivity index (χ4v) is 2.75. The van der Waals surface area contributed by atoms with Gasteiger partial charge in [-0.25, -0.2) is 9.67 Å². The van der Waals surface area contributed by atoms with E-state index >= 15 is 0 Å². The number of aromatic nitrogens is 3. The summed E-state index contributed by atoms with van der Waals surface area (Å²) in [5.41, 5.74) is 3.36. The first-order chi connectivity index (χ1) is 12.7. The zero-order chi connectivity index (χ0) is 18.4. The van der Waals surface area contributed by atoms with Gasteiger partial charge in [-0.3, -0.25) is 0 Å². The Morgan fingerprint density at radius 2 is 1.92 bits per heavy atom. The van der Waals surface area contributed by atoms with E-state index in [1.807, 2.05) is 31.2 Å². The van der Waals surface area contributed by atoms with Gasteiger partial charge in [0.1, 0.15) is 12.7 Å². The molecule has 1 heterocycles. The maximum atomic E-state index is 5.64. The maximum absolute atomic E-state index is 5.64. The van der Waals surface area contributed by atoms with Crippen molar-refractivity contribution in [2.24, 2.45) is 0 Å². The quantitative estimate of drug-likeness (QED) is 0.672. The molecule has 3 rings (SSSR count). The van der Waals surface area contributed by atoms with E-state index < -0.39 is 0 Å². The van der Waals surface area contributed by atoms with Gasteiger partial charge in [-0.05, 0) is 49.2 Å². The fourth-order valence-electron chi connectivity index (χ4n) is 2.75. The highest BCUT2D eigenvalue weighted by molar-refractivity contribution is 5.43. The molecular weight excluding hydrogens is 328 g/mol. The van der Waals surface area contributed by atoms with Gasteiger partial charge in [-0.15, -0.1) is 0 Å². The predicted octanol–water partition coefficient (Wildman–Crippen LogP) is 3.53. The van der Waals surface area contributed by atoms with Gasteiger partial charge in [0.05, 0.1) is 19.4 Å². The Bertz CT molecular complexity index is 816. The number of rotatable bonds is 8. The number of nitrogens with zero attached hydrogens (tertiary/aromatic N) is 3. The van der Waals surface area contributed by atoms with Crippen LogP contribution in [-0.2, 0) is 6.54 Å². The Morgan fingerprint density at radius 1 is 1.12 bits per heavy atom. The summed E-state index contributed by atoms with van der Waals surface area (Å²) >= 11 is 0. The lowest BCUT2D eigenvalue weighted by molar-refractivity contribution is 0.310. The molecule has 2 aromatic carbocycles. The highest BCUT2D eigenvalue weighted by Gasteiger charge is 2.08. The average Bonchev–Trinajstić information content (AvgIpc) is 3.21. The number of hydrogen-bond acceptors (Lipinski definition) is 5. The first kappa shape index (κ1) is 17.9. The number of nitrogens with one attached hydrogen (secondary N) is 1. The molecule has 136 valence electrons. The Labute approximate surface area is 153 Å². The van der Waals surface area contributed by atoms with Gasteiger partial charge in [0.2, 0.25) is 0 Å². The van der Waals surface area contributed by atoms with E-state index in [0.717, 1.165) is 29.3 Å². The van der Waals surface area contributed by atoms with Crippen LogP contribution in [0.3, 0.4) is 0 Å². The molecule has 0 saturated carbocycles. The lowest BCUT2D eigenvalue weighted by Gasteiger charge is -2.16. The molecule has 3 aromatic rings. The largest absolute Gasteiger partial charge is 0.493 e. The monoisotopic (exact) mass is 352 g/mol. The van der Waals surface area contributed by atoms with Gasteiger partial charge in [0.25, 0.3) is 0 Å². The maximum Gasteiger partial charge on any atom is 0.161 e. The number of hydrogen-bond donors (Lipinski definition) is 1. The van der Waals surface area contributed by atoms with Crippen molar-refractivity contribution in [2.45, 2.75) is 26.4 Å². The summed E-state index contributed by atoms with van der Waals surface area (Å²) in [5.74, 6) is 1.53. The SMILES string of the molecule is CCOc1cc(CNC(C)c2ccc(-n3cncn3)cc2)ccc1OC. The average molecular weight is 352 g/mol. The highest BCUT2D eigenvalue weighted by Crippen LogP contribution is 2.28. The molecule has 6 nitrogen and oxygen atoms in total. The first-order valence-corrected chi connectivity index (χ1v) is 8.69. The van der Waals surface area contributed by atoms with Crippen molar-refractivity contribution in [3.05, 3.63) is 66.2 Å². The summed E-state index contributed by atoms with van der Waals surface area (Å²) in [4.78, 5) is 3.97. The van der Waals surface area contributed by atoms with Crippen LogP contribution in [0.5, 0.6) is 11.5 Å². The van der Waals surface area contributed by atoms with Crippen molar-refractivity contribution in [2.75, 3.05) is 13.7 Å². The summed E-state index contributed by atoms with van der Waals surface area (Å²) in [7, 11) is 1.65. The van der Waals surface area contributed by atoms with E-state index in [1.165, 1.54) is 11.9 Å². The third kappa shape index (κ3) is 4.21. The van der Waals surface area contributed by atoms with Crippen LogP contribution < -0.4 is 14.8 Å². The normalized spacial score (nSPS) is 12.0. The smallest absolute Gasteiger partial charge is 0.161 e. The number of ether oxygens (including phenoxy) is 2. The summed E-state index contributed by atoms with van der Waals surface area (Å²) in [6, 6.07) is 14.5. The molecular formula is C20H24N4O2. The van der Waals surface area contributed by atoms with Gasteiger partial charge in [0, 0.05) is 12.6 Å². The molecule has 0 spiro atoms. The minimum atomic E-state index is 0.220. The molecule has 1 aromatic heterocycles. The minimum absolute atomic E-state index is 0.220. The van der Waals surface area contributed by atoms with Crippen molar-refractivity contribution in [1.82, 2.24) is 20.1 Å². The second kappa shape index (κ2) is 8.49. The van der Waals surface area contributed by atoms with E-state index in [2.05, 4.69) is 40.5 Å². The van der Waals surface area contributed by atoms with Gasteiger partial charge in [0.15, 0.2) is 11.5 Å². The Morgan fingerprint density at radius 3 is 2.58 bits per heavy atom. The molecule has 0 aliphatic heterocycles. The Balaban J connectivity index is 1.63. The van der Waals surface area contributed by atoms with Gasteiger partial charge < -0.3 is 14.8 Å². The Kier molecular flexibility index (Phi) is 5.86. The number of benzene rings is 2. The standard InChI is InChI=1S/C20H24N4O2/c1-4-26-20-11-16(5-10-19(20)25-3)12-22-15(2)17-6-8-18(9-7-17)24-14-21-13-23-24/h5-11,13-15,22H,4,12H2,1-3H3. The lowest BCUT2D eigenvalue weighted by Crippen LogP contribution is -2.18. The van der Waals surface area contributed by atoms with Crippen molar-refractivity contribution in [3.63, 3.8) is 0 Å². The van der Waals surface area contributed by atoms with Crippen LogP contribution in [0.1, 0.15) is 31.0 Å². The molecule has 0 aliphatic carbocycles. The van der Waals surface area contributed by atoms with Gasteiger partial charge in [-0.1, -0.05) is 18.2 Å². The highest BCUT2D eigenvalue weighted by atomic mass is 16.5. The van der Waals surface area contributed by atoms with Crippen LogP contribution >= 0.6 is 0 Å². The van der Waals surface area contributed by atoms with Crippen molar-refractivity contribution >= 4 is 0 Å². The second-order valence-corrected chi connectivity index (χ2v) is 5.95. The summed E-state index contributed by atoms with van der Waals surface area (Å²) < 4.78 is 12.7. The van der Waals surface area contributed by atoms with Crippen LogP contribution in [0.2, 0.25) is 0 Å². The van der Waals surface area contributed by atoms with Crippen molar-refractivity contribution < 1.29 is 9.47 Å². The molecule has 1 atom stereocenters. The molecule has 6 heteroatoms. The first-order valence-electron chi connectivity index (χ1n) is 8.69. The molecule has 0 radical (unpaired) electrons. The molecule has 0 bridgehead atoms. The van der Waals surface area contributed by atoms with E-state index in [-0.39, 0.29) is 6.04 Å². The molecule has 0 saturated heterocycles. The predicted molar refractivity (Wildman–Crippen MR) is 101 cm³/mol. The molecule has 26 heavy (non-hydrogen) atoms. The summed E-state index contributed by atoms with van der Waals surface area (Å²) in [6.45, 7) is 5.48. The van der Waals surface area contributed by atoms with Crippen LogP contribution in [0, 0.1) is 0 Å². The minimum Gasteiger partial charge on any atom is -0.493 e. The Hall–Kier alpha value is -2.86. The molecule has 0 amide bonds. The number of methoxy groups -OCH3 is 1. The van der Waals surface area contributed by atoms with E-state index in [9.17, 15) is 0 Å². The topological polar surface area (TPSA) is 61.2 Å². The van der Waals surface area contributed by atoms with Gasteiger partial charge in [-0.2, -0.15) is 5.10 Å². The van der Waals surface area contributed by atoms with Crippen LogP contribution in [-0.4, -0.2) is 28.5 Å². The third-order valence-electron chi connectivity index (χ3n) is 4.22. The van der Waals surface area contributed by atoms with Crippen LogP contribution in [0.4, 0.5) is 0 Å². The van der Waals surface area contributed by atoms with E-state index in [4.69, 9.17) is 9.47 Å². The van der Waals surface area contributed by atoms with E-state index in [0.29, 0.717) is 6.61 Å². The zero-order valence-corrected chi connectivity index (χ0v) is 15.3. The molecule has 0 aliphatic rings. The summed E-state index contributed by atoms with van der Waals surface area (Å²) in [5, 5.41) is 7.69. The second-order valence-electron chi connectivity index (χ2n) is 5.95. The fraction of sp³-hybridized carbons (Fsp3) is 0.300. The third-order valence-corrected chi connectivity index (χ3v) is 4.22. The van der Waals surface area contributed by atoms with Crippen LogP contribution in [0.15, 0.2) is 55.1 Å². The van der Waals surface area contributed by atoms with Crippen LogP contribution in [0.25, 0.3) is 5.69 Å². The van der Waals surface area contributed by atoms with Crippen molar-refractivity contribution in [1.29, 1.82) is 0 Å². The van der Waals surface area contributed by atoms with E-state index in [1.54, 1.807) is 18.1 Å². The van der Waals surface area contributed by atoms with Gasteiger partial charge >= 0.3 is 0 Å². The zero-order valence-electron chi connectivity index (χ0n) is 15.3.